The second-order valence-electron chi connectivity index (χ2n) is 3.41. The maximum Gasteiger partial charge on any atom is 0.360 e. The number of esters is 1. The molecule has 0 unspecified atom stereocenters. The fourth-order valence-electron chi connectivity index (χ4n) is 1.22. The molecule has 0 spiro atoms. The van der Waals surface area contributed by atoms with E-state index in [1.807, 2.05) is 6.07 Å². The molecule has 0 aliphatic carbocycles. The highest BCUT2D eigenvalue weighted by atomic mass is 16.5. The van der Waals surface area contributed by atoms with Crippen LogP contribution < -0.4 is 0 Å². The third kappa shape index (κ3) is 4.07. The van der Waals surface area contributed by atoms with Gasteiger partial charge in [-0.25, -0.2) is 4.79 Å². The van der Waals surface area contributed by atoms with Gasteiger partial charge in [-0.05, 0) is 19.8 Å². The minimum absolute atomic E-state index is 0.200. The molecular weight excluding hydrogens is 220 g/mol. The summed E-state index contributed by atoms with van der Waals surface area (Å²) in [4.78, 5) is 11.3. The molecule has 1 aromatic rings. The SMILES string of the molecule is C=C(C#N)CCCn1cc(C(=O)OCC)nn1. The van der Waals surface area contributed by atoms with Crippen LogP contribution in [0.25, 0.3) is 0 Å². The average Bonchev–Trinajstić information content (AvgIpc) is 2.78. The monoisotopic (exact) mass is 234 g/mol. The van der Waals surface area contributed by atoms with Gasteiger partial charge in [0.25, 0.3) is 0 Å². The van der Waals surface area contributed by atoms with Gasteiger partial charge in [0.15, 0.2) is 5.69 Å². The number of hydrogen-bond donors (Lipinski definition) is 0. The Morgan fingerprint density at radius 2 is 2.47 bits per heavy atom. The Balaban J connectivity index is 2.44. The van der Waals surface area contributed by atoms with Crippen LogP contribution in [0.5, 0.6) is 0 Å². The molecule has 1 aromatic heterocycles. The van der Waals surface area contributed by atoms with E-state index in [1.165, 1.54) is 6.20 Å². The van der Waals surface area contributed by atoms with Gasteiger partial charge in [0, 0.05) is 12.1 Å². The molecule has 0 saturated carbocycles. The number of hydrogen-bond acceptors (Lipinski definition) is 5. The third-order valence-corrected chi connectivity index (χ3v) is 2.05. The van der Waals surface area contributed by atoms with Crippen LogP contribution in [0.1, 0.15) is 30.3 Å². The summed E-state index contributed by atoms with van der Waals surface area (Å²) >= 11 is 0. The molecule has 17 heavy (non-hydrogen) atoms. The van der Waals surface area contributed by atoms with Crippen molar-refractivity contribution in [2.45, 2.75) is 26.3 Å². The van der Waals surface area contributed by atoms with Crippen LogP contribution in [-0.2, 0) is 11.3 Å². The summed E-state index contributed by atoms with van der Waals surface area (Å²) in [5, 5.41) is 16.0. The molecule has 0 atom stereocenters. The van der Waals surface area contributed by atoms with Gasteiger partial charge >= 0.3 is 5.97 Å². The van der Waals surface area contributed by atoms with Crippen molar-refractivity contribution in [3.63, 3.8) is 0 Å². The minimum atomic E-state index is -0.472. The molecule has 0 fully saturated rings. The number of rotatable bonds is 6. The number of aryl methyl sites for hydroxylation is 1. The van der Waals surface area contributed by atoms with Gasteiger partial charge in [-0.15, -0.1) is 5.10 Å². The Bertz CT molecular complexity index is 445. The maximum absolute atomic E-state index is 11.3. The summed E-state index contributed by atoms with van der Waals surface area (Å²) in [6, 6.07) is 1.98. The second kappa shape index (κ2) is 6.43. The lowest BCUT2D eigenvalue weighted by molar-refractivity contribution is 0.0519. The molecule has 0 aliphatic rings. The van der Waals surface area contributed by atoms with Crippen molar-refractivity contribution < 1.29 is 9.53 Å². The predicted octanol–water partition coefficient (Wildman–Crippen LogP) is 1.31. The number of carbonyl (C=O) groups excluding carboxylic acids is 1. The van der Waals surface area contributed by atoms with E-state index in [0.717, 1.165) is 6.42 Å². The van der Waals surface area contributed by atoms with Crippen LogP contribution in [0.2, 0.25) is 0 Å². The Morgan fingerprint density at radius 1 is 1.71 bits per heavy atom. The average molecular weight is 234 g/mol. The zero-order valence-corrected chi connectivity index (χ0v) is 9.72. The smallest absolute Gasteiger partial charge is 0.360 e. The van der Waals surface area contributed by atoms with E-state index in [-0.39, 0.29) is 5.69 Å². The van der Waals surface area contributed by atoms with Crippen LogP contribution in [0, 0.1) is 11.3 Å². The topological polar surface area (TPSA) is 80.8 Å². The molecule has 1 rings (SSSR count). The number of nitriles is 1. The van der Waals surface area contributed by atoms with Gasteiger partial charge in [-0.3, -0.25) is 4.68 Å². The summed E-state index contributed by atoms with van der Waals surface area (Å²) in [7, 11) is 0. The summed E-state index contributed by atoms with van der Waals surface area (Å²) in [6.07, 6.45) is 2.89. The molecule has 0 radical (unpaired) electrons. The standard InChI is InChI=1S/C11H14N4O2/c1-3-17-11(16)10-8-15(14-13-10)6-4-5-9(2)7-12/h8H,2-6H2,1H3. The van der Waals surface area contributed by atoms with E-state index < -0.39 is 5.97 Å². The number of allylic oxidation sites excluding steroid dienone is 1. The highest BCUT2D eigenvalue weighted by Gasteiger charge is 2.11. The fraction of sp³-hybridized carbons (Fsp3) is 0.455. The van der Waals surface area contributed by atoms with Crippen molar-refractivity contribution in [1.29, 1.82) is 5.26 Å². The molecule has 0 saturated heterocycles. The highest BCUT2D eigenvalue weighted by molar-refractivity contribution is 5.86. The van der Waals surface area contributed by atoms with Crippen molar-refractivity contribution in [3.8, 4) is 6.07 Å². The Hall–Kier alpha value is -2.16. The first-order chi connectivity index (χ1) is 8.17. The molecule has 0 bridgehead atoms. The van der Waals surface area contributed by atoms with Crippen molar-refractivity contribution >= 4 is 5.97 Å². The first-order valence-corrected chi connectivity index (χ1v) is 5.32. The molecule has 0 N–H and O–H groups in total. The van der Waals surface area contributed by atoms with Crippen LogP contribution in [0.15, 0.2) is 18.3 Å². The van der Waals surface area contributed by atoms with Gasteiger partial charge in [0.2, 0.25) is 0 Å². The molecule has 0 aliphatic heterocycles. The van der Waals surface area contributed by atoms with Gasteiger partial charge in [-0.2, -0.15) is 5.26 Å². The number of aromatic nitrogens is 3. The van der Waals surface area contributed by atoms with E-state index in [9.17, 15) is 4.79 Å². The lowest BCUT2D eigenvalue weighted by Gasteiger charge is -1.98. The van der Waals surface area contributed by atoms with Crippen molar-refractivity contribution in [1.82, 2.24) is 15.0 Å². The van der Waals surface area contributed by atoms with Crippen LogP contribution in [0.4, 0.5) is 0 Å². The summed E-state index contributed by atoms with van der Waals surface area (Å²) < 4.78 is 6.34. The summed E-state index contributed by atoms with van der Waals surface area (Å²) in [5.74, 6) is -0.472. The van der Waals surface area contributed by atoms with E-state index >= 15 is 0 Å². The third-order valence-electron chi connectivity index (χ3n) is 2.05. The quantitative estimate of drug-likeness (QED) is 0.547. The van der Waals surface area contributed by atoms with Crippen LogP contribution >= 0.6 is 0 Å². The van der Waals surface area contributed by atoms with Crippen molar-refractivity contribution in [2.75, 3.05) is 6.61 Å². The molecule has 1 heterocycles. The zero-order valence-electron chi connectivity index (χ0n) is 9.72. The predicted molar refractivity (Wildman–Crippen MR) is 60.0 cm³/mol. The Labute approximate surface area is 99.5 Å². The first-order valence-electron chi connectivity index (χ1n) is 5.32. The Kier molecular flexibility index (Phi) is 4.88. The second-order valence-corrected chi connectivity index (χ2v) is 3.41. The highest BCUT2D eigenvalue weighted by Crippen LogP contribution is 2.03. The fourth-order valence-corrected chi connectivity index (χ4v) is 1.22. The molecule has 0 aromatic carbocycles. The van der Waals surface area contributed by atoms with Crippen LogP contribution in [0.3, 0.4) is 0 Å². The van der Waals surface area contributed by atoms with Crippen molar-refractivity contribution in [2.24, 2.45) is 0 Å². The van der Waals surface area contributed by atoms with Gasteiger partial charge < -0.3 is 4.74 Å². The Morgan fingerprint density at radius 3 is 3.12 bits per heavy atom. The zero-order chi connectivity index (χ0) is 12.7. The summed E-state index contributed by atoms with van der Waals surface area (Å²) in [6.45, 7) is 6.22. The number of carbonyl (C=O) groups is 1. The van der Waals surface area contributed by atoms with E-state index in [0.29, 0.717) is 25.1 Å². The van der Waals surface area contributed by atoms with E-state index in [2.05, 4.69) is 16.9 Å². The van der Waals surface area contributed by atoms with E-state index in [1.54, 1.807) is 11.6 Å². The summed E-state index contributed by atoms with van der Waals surface area (Å²) in [5.41, 5.74) is 0.738. The van der Waals surface area contributed by atoms with Gasteiger partial charge in [-0.1, -0.05) is 11.8 Å². The molecule has 0 amide bonds. The molecule has 6 heteroatoms. The lowest BCUT2D eigenvalue weighted by atomic mass is 10.2. The molecule has 6 nitrogen and oxygen atoms in total. The lowest BCUT2D eigenvalue weighted by Crippen LogP contribution is -2.04. The molecular formula is C11H14N4O2. The van der Waals surface area contributed by atoms with Crippen molar-refractivity contribution in [3.05, 3.63) is 24.0 Å². The minimum Gasteiger partial charge on any atom is -0.461 e. The molecule has 90 valence electrons. The van der Waals surface area contributed by atoms with Crippen LogP contribution in [-0.4, -0.2) is 27.6 Å². The largest absolute Gasteiger partial charge is 0.461 e. The normalized spacial score (nSPS) is 9.65. The number of nitrogens with zero attached hydrogens (tertiary/aromatic N) is 4. The first kappa shape index (κ1) is 12.9. The maximum atomic E-state index is 11.3. The van der Waals surface area contributed by atoms with Gasteiger partial charge in [0.05, 0.1) is 18.9 Å². The number of ether oxygens (including phenoxy) is 1. The van der Waals surface area contributed by atoms with E-state index in [4.69, 9.17) is 10.00 Å². The van der Waals surface area contributed by atoms with Gasteiger partial charge in [0.1, 0.15) is 0 Å².